The van der Waals surface area contributed by atoms with Crippen molar-refractivity contribution in [3.63, 3.8) is 0 Å². The Labute approximate surface area is 120 Å². The molecule has 0 saturated heterocycles. The smallest absolute Gasteiger partial charge is 0.166 e. The Balaban J connectivity index is 1.89. The van der Waals surface area contributed by atoms with Crippen molar-refractivity contribution in [2.24, 2.45) is 0 Å². The summed E-state index contributed by atoms with van der Waals surface area (Å²) in [7, 11) is 0. The molecular formula is C16H12N2OS. The van der Waals surface area contributed by atoms with E-state index in [0.29, 0.717) is 12.0 Å². The summed E-state index contributed by atoms with van der Waals surface area (Å²) in [6.07, 6.45) is 4.09. The van der Waals surface area contributed by atoms with Crippen molar-refractivity contribution in [1.82, 2.24) is 9.97 Å². The maximum absolute atomic E-state index is 11.8. The van der Waals surface area contributed by atoms with E-state index in [1.54, 1.807) is 17.5 Å². The lowest BCUT2D eigenvalue weighted by Gasteiger charge is -2.13. The molecule has 20 heavy (non-hydrogen) atoms. The minimum atomic E-state index is 0.174. The first-order valence-corrected chi connectivity index (χ1v) is 7.56. The summed E-state index contributed by atoms with van der Waals surface area (Å²) in [4.78, 5) is 20.9. The highest BCUT2D eigenvalue weighted by Crippen LogP contribution is 2.32. The van der Waals surface area contributed by atoms with Crippen molar-refractivity contribution in [2.45, 2.75) is 19.3 Å². The van der Waals surface area contributed by atoms with Gasteiger partial charge in [-0.2, -0.15) is 0 Å². The summed E-state index contributed by atoms with van der Waals surface area (Å²) in [5, 5.41) is 3.27. The van der Waals surface area contributed by atoms with Crippen molar-refractivity contribution in [3.8, 4) is 11.4 Å². The van der Waals surface area contributed by atoms with E-state index in [1.165, 1.54) is 10.1 Å². The van der Waals surface area contributed by atoms with Crippen molar-refractivity contribution in [2.75, 3.05) is 0 Å². The van der Waals surface area contributed by atoms with Gasteiger partial charge in [-0.1, -0.05) is 18.2 Å². The summed E-state index contributed by atoms with van der Waals surface area (Å²) in [5.41, 5.74) is 2.67. The topological polar surface area (TPSA) is 42.9 Å². The summed E-state index contributed by atoms with van der Waals surface area (Å²) in [6.45, 7) is 0. The molecule has 0 radical (unpaired) electrons. The van der Waals surface area contributed by atoms with E-state index in [9.17, 15) is 4.79 Å². The van der Waals surface area contributed by atoms with E-state index in [1.807, 2.05) is 12.1 Å². The van der Waals surface area contributed by atoms with E-state index >= 15 is 0 Å². The molecule has 0 saturated carbocycles. The normalized spacial score (nSPS) is 14.5. The van der Waals surface area contributed by atoms with Gasteiger partial charge in [-0.05, 0) is 18.9 Å². The molecule has 3 aromatic rings. The Morgan fingerprint density at radius 3 is 2.95 bits per heavy atom. The number of fused-ring (bicyclic) bond motifs is 2. The Hall–Kier alpha value is -2.07. The second-order valence-electron chi connectivity index (χ2n) is 4.98. The fourth-order valence-corrected chi connectivity index (χ4v) is 3.61. The highest BCUT2D eigenvalue weighted by Gasteiger charge is 2.20. The fraction of sp³-hybridized carbons (Fsp3) is 0.188. The molecule has 98 valence electrons. The van der Waals surface area contributed by atoms with Crippen LogP contribution in [-0.4, -0.2) is 15.8 Å². The molecule has 4 heteroatoms. The first-order chi connectivity index (χ1) is 9.83. The second-order valence-corrected chi connectivity index (χ2v) is 5.89. The number of ketones is 1. The number of Topliss-reactive ketones (excluding diaryl/α,β-unsaturated/α-hetero) is 1. The third-order valence-corrected chi connectivity index (χ3v) is 4.67. The Morgan fingerprint density at radius 2 is 2.00 bits per heavy atom. The maximum Gasteiger partial charge on any atom is 0.166 e. The van der Waals surface area contributed by atoms with Gasteiger partial charge in [0.2, 0.25) is 0 Å². The monoisotopic (exact) mass is 280 g/mol. The quantitative estimate of drug-likeness (QED) is 0.679. The van der Waals surface area contributed by atoms with Gasteiger partial charge < -0.3 is 0 Å². The largest absolute Gasteiger partial charge is 0.294 e. The van der Waals surface area contributed by atoms with Gasteiger partial charge in [0, 0.05) is 33.6 Å². The molecule has 0 unspecified atom stereocenters. The van der Waals surface area contributed by atoms with Crippen LogP contribution in [-0.2, 0) is 6.42 Å². The van der Waals surface area contributed by atoms with Crippen molar-refractivity contribution in [1.29, 1.82) is 0 Å². The zero-order valence-electron chi connectivity index (χ0n) is 10.8. The molecular weight excluding hydrogens is 268 g/mol. The SMILES string of the molecule is O=C1CCCc2nc(-c3csc4ccccc34)ncc21. The lowest BCUT2D eigenvalue weighted by atomic mass is 9.96. The number of nitrogens with zero attached hydrogens (tertiary/aromatic N) is 2. The van der Waals surface area contributed by atoms with Crippen LogP contribution < -0.4 is 0 Å². The predicted octanol–water partition coefficient (Wildman–Crippen LogP) is 3.88. The third kappa shape index (κ3) is 1.76. The van der Waals surface area contributed by atoms with E-state index in [0.717, 1.165) is 29.9 Å². The van der Waals surface area contributed by atoms with Gasteiger partial charge in [0.05, 0.1) is 11.3 Å². The van der Waals surface area contributed by atoms with Gasteiger partial charge >= 0.3 is 0 Å². The second kappa shape index (κ2) is 4.49. The molecule has 1 aliphatic carbocycles. The van der Waals surface area contributed by atoms with E-state index in [2.05, 4.69) is 27.5 Å². The van der Waals surface area contributed by atoms with E-state index in [4.69, 9.17) is 0 Å². The van der Waals surface area contributed by atoms with Gasteiger partial charge in [-0.15, -0.1) is 11.3 Å². The highest BCUT2D eigenvalue weighted by atomic mass is 32.1. The summed E-state index contributed by atoms with van der Waals surface area (Å²) in [6, 6.07) is 8.26. The maximum atomic E-state index is 11.8. The predicted molar refractivity (Wildman–Crippen MR) is 80.1 cm³/mol. The molecule has 0 atom stereocenters. The molecule has 0 N–H and O–H groups in total. The summed E-state index contributed by atoms with van der Waals surface area (Å²) < 4.78 is 1.24. The number of aryl methyl sites for hydroxylation is 1. The number of aromatic nitrogens is 2. The van der Waals surface area contributed by atoms with E-state index in [-0.39, 0.29) is 5.78 Å². The Morgan fingerprint density at radius 1 is 1.10 bits per heavy atom. The van der Waals surface area contributed by atoms with Crippen molar-refractivity contribution >= 4 is 27.2 Å². The van der Waals surface area contributed by atoms with Crippen molar-refractivity contribution < 1.29 is 4.79 Å². The molecule has 2 aromatic heterocycles. The first kappa shape index (κ1) is 11.7. The zero-order valence-corrected chi connectivity index (χ0v) is 11.6. The minimum absolute atomic E-state index is 0.174. The number of hydrogen-bond acceptors (Lipinski definition) is 4. The number of thiophene rings is 1. The van der Waals surface area contributed by atoms with Crippen LogP contribution in [0.5, 0.6) is 0 Å². The Bertz CT molecular complexity index is 822. The summed E-state index contributed by atoms with van der Waals surface area (Å²) >= 11 is 1.70. The van der Waals surface area contributed by atoms with Crippen LogP contribution >= 0.6 is 11.3 Å². The molecule has 1 aliphatic rings. The van der Waals surface area contributed by atoms with Crippen LogP contribution in [0.3, 0.4) is 0 Å². The average Bonchev–Trinajstić information content (AvgIpc) is 2.91. The molecule has 0 amide bonds. The van der Waals surface area contributed by atoms with E-state index < -0.39 is 0 Å². The molecule has 3 nitrogen and oxygen atoms in total. The van der Waals surface area contributed by atoms with Gasteiger partial charge in [0.25, 0.3) is 0 Å². The van der Waals surface area contributed by atoms with Crippen LogP contribution in [0.2, 0.25) is 0 Å². The molecule has 0 aliphatic heterocycles. The van der Waals surface area contributed by atoms with Crippen molar-refractivity contribution in [3.05, 3.63) is 47.1 Å². The molecule has 0 spiro atoms. The number of carbonyl (C=O) groups is 1. The Kier molecular flexibility index (Phi) is 2.63. The number of hydrogen-bond donors (Lipinski definition) is 0. The molecule has 1 aromatic carbocycles. The fourth-order valence-electron chi connectivity index (χ4n) is 2.67. The first-order valence-electron chi connectivity index (χ1n) is 6.68. The van der Waals surface area contributed by atoms with Crippen LogP contribution in [0.25, 0.3) is 21.5 Å². The average molecular weight is 280 g/mol. The van der Waals surface area contributed by atoms with Gasteiger partial charge in [-0.25, -0.2) is 9.97 Å². The standard InChI is InChI=1S/C16H12N2OS/c19-14-6-3-5-13-11(14)8-17-16(18-13)12-9-20-15-7-2-1-4-10(12)15/h1-2,4,7-9H,3,5-6H2. The molecule has 0 bridgehead atoms. The van der Waals surface area contributed by atoms with Crippen LogP contribution in [0.4, 0.5) is 0 Å². The third-order valence-electron chi connectivity index (χ3n) is 3.71. The lowest BCUT2D eigenvalue weighted by molar-refractivity contribution is 0.0971. The van der Waals surface area contributed by atoms with Crippen LogP contribution in [0.1, 0.15) is 28.9 Å². The van der Waals surface area contributed by atoms with Crippen LogP contribution in [0, 0.1) is 0 Å². The van der Waals surface area contributed by atoms with Gasteiger partial charge in [0.1, 0.15) is 0 Å². The zero-order chi connectivity index (χ0) is 13.5. The molecule has 4 rings (SSSR count). The minimum Gasteiger partial charge on any atom is -0.294 e. The number of benzene rings is 1. The summed E-state index contributed by atoms with van der Waals surface area (Å²) in [5.74, 6) is 0.906. The highest BCUT2D eigenvalue weighted by molar-refractivity contribution is 7.17. The van der Waals surface area contributed by atoms with Gasteiger partial charge in [-0.3, -0.25) is 4.79 Å². The number of rotatable bonds is 1. The molecule has 2 heterocycles. The number of carbonyl (C=O) groups excluding carboxylic acids is 1. The van der Waals surface area contributed by atoms with Gasteiger partial charge in [0.15, 0.2) is 11.6 Å². The lowest BCUT2D eigenvalue weighted by Crippen LogP contribution is -2.13. The van der Waals surface area contributed by atoms with Crippen LogP contribution in [0.15, 0.2) is 35.8 Å². The molecule has 0 fully saturated rings.